The number of aromatic nitrogens is 1. The molecule has 6 nitrogen and oxygen atoms in total. The number of carbonyl (C=O) groups is 2. The van der Waals surface area contributed by atoms with Gasteiger partial charge < -0.3 is 19.1 Å². The zero-order valence-electron chi connectivity index (χ0n) is 20.9. The fourth-order valence-corrected chi connectivity index (χ4v) is 7.12. The van der Waals surface area contributed by atoms with Crippen LogP contribution in [0.5, 0.6) is 0 Å². The quantitative estimate of drug-likeness (QED) is 0.441. The Morgan fingerprint density at radius 2 is 1.70 bits per heavy atom. The van der Waals surface area contributed by atoms with E-state index in [1.807, 2.05) is 29.1 Å². The molecule has 0 atom stereocenters. The molecule has 0 N–H and O–H groups in total. The lowest BCUT2D eigenvalue weighted by Gasteiger charge is -2.56. The van der Waals surface area contributed by atoms with Gasteiger partial charge in [-0.15, -0.1) is 0 Å². The van der Waals surface area contributed by atoms with Gasteiger partial charge in [-0.2, -0.15) is 0 Å². The number of unbranched alkanes of at least 4 members (excludes halogenated alkanes) is 1. The van der Waals surface area contributed by atoms with E-state index in [9.17, 15) is 9.59 Å². The standard InChI is InChI=1S/C27H43N3O3/c1-4-5-10-29(19-24-8-6-9-28(24)2)25(31)20-30(11-7-12-33-3)26(32)27-16-21-13-22(17-27)15-23(14-21)18-27/h6,8-9,21-23H,4-5,7,10-20H2,1-3H3. The van der Waals surface area contributed by atoms with Gasteiger partial charge in [-0.1, -0.05) is 13.3 Å². The number of hydrogen-bond donors (Lipinski definition) is 0. The predicted octanol–water partition coefficient (Wildman–Crippen LogP) is 4.24. The number of rotatable bonds is 12. The molecule has 4 aliphatic carbocycles. The molecule has 2 amide bonds. The summed E-state index contributed by atoms with van der Waals surface area (Å²) in [6.07, 6.45) is 11.9. The molecule has 1 heterocycles. The van der Waals surface area contributed by atoms with Gasteiger partial charge in [0.05, 0.1) is 18.5 Å². The van der Waals surface area contributed by atoms with E-state index in [0.717, 1.165) is 68.5 Å². The minimum absolute atomic E-state index is 0.0696. The number of ether oxygens (including phenoxy) is 1. The summed E-state index contributed by atoms with van der Waals surface area (Å²) in [5, 5.41) is 0. The molecule has 4 saturated carbocycles. The molecule has 0 spiro atoms. The Kier molecular flexibility index (Phi) is 7.83. The molecule has 0 aliphatic heterocycles. The third-order valence-corrected chi connectivity index (χ3v) is 8.42. The number of carbonyl (C=O) groups excluding carboxylic acids is 2. The molecule has 4 fully saturated rings. The largest absolute Gasteiger partial charge is 0.385 e. The molecule has 4 aliphatic rings. The Morgan fingerprint density at radius 3 is 2.24 bits per heavy atom. The first-order valence-electron chi connectivity index (χ1n) is 13.1. The van der Waals surface area contributed by atoms with Crippen molar-refractivity contribution in [3.8, 4) is 0 Å². The van der Waals surface area contributed by atoms with Crippen LogP contribution in [0.3, 0.4) is 0 Å². The van der Waals surface area contributed by atoms with Crippen LogP contribution in [0.4, 0.5) is 0 Å². The van der Waals surface area contributed by atoms with Crippen LogP contribution in [-0.2, 0) is 27.9 Å². The molecule has 0 radical (unpaired) electrons. The van der Waals surface area contributed by atoms with Crippen LogP contribution in [0.2, 0.25) is 0 Å². The van der Waals surface area contributed by atoms with Crippen LogP contribution in [0.25, 0.3) is 0 Å². The lowest BCUT2D eigenvalue weighted by molar-refractivity contribution is -0.160. The highest BCUT2D eigenvalue weighted by Gasteiger charge is 2.55. The summed E-state index contributed by atoms with van der Waals surface area (Å²) in [7, 11) is 3.72. The van der Waals surface area contributed by atoms with Crippen LogP contribution in [-0.4, -0.2) is 59.5 Å². The summed E-state index contributed by atoms with van der Waals surface area (Å²) in [6, 6.07) is 4.09. The molecule has 0 saturated heterocycles. The molecule has 6 heteroatoms. The van der Waals surface area contributed by atoms with Crippen molar-refractivity contribution in [1.29, 1.82) is 0 Å². The van der Waals surface area contributed by atoms with Crippen molar-refractivity contribution >= 4 is 11.8 Å². The van der Waals surface area contributed by atoms with Crippen molar-refractivity contribution < 1.29 is 14.3 Å². The zero-order chi connectivity index (χ0) is 23.4. The molecule has 1 aromatic heterocycles. The maximum Gasteiger partial charge on any atom is 0.242 e. The fraction of sp³-hybridized carbons (Fsp3) is 0.778. The number of nitrogens with zero attached hydrogens (tertiary/aromatic N) is 3. The van der Waals surface area contributed by atoms with Crippen LogP contribution in [0.15, 0.2) is 18.3 Å². The van der Waals surface area contributed by atoms with Crippen molar-refractivity contribution in [3.05, 3.63) is 24.0 Å². The lowest BCUT2D eigenvalue weighted by Crippen LogP contribution is -2.56. The number of aryl methyl sites for hydroxylation is 1. The van der Waals surface area contributed by atoms with Gasteiger partial charge in [-0.25, -0.2) is 0 Å². The highest BCUT2D eigenvalue weighted by molar-refractivity contribution is 5.88. The molecular formula is C27H43N3O3. The Morgan fingerprint density at radius 1 is 1.06 bits per heavy atom. The van der Waals surface area contributed by atoms with Gasteiger partial charge in [-0.05, 0) is 81.3 Å². The molecule has 184 valence electrons. The Hall–Kier alpha value is -1.82. The minimum atomic E-state index is -0.214. The van der Waals surface area contributed by atoms with Crippen molar-refractivity contribution in [3.63, 3.8) is 0 Å². The number of amides is 2. The van der Waals surface area contributed by atoms with Crippen molar-refractivity contribution in [2.45, 2.75) is 71.3 Å². The maximum atomic E-state index is 14.0. The smallest absolute Gasteiger partial charge is 0.242 e. The van der Waals surface area contributed by atoms with Crippen molar-refractivity contribution in [2.75, 3.05) is 33.4 Å². The van der Waals surface area contributed by atoms with Crippen LogP contribution < -0.4 is 0 Å². The fourth-order valence-electron chi connectivity index (χ4n) is 7.12. The SMILES string of the molecule is CCCCN(Cc1cccn1C)C(=O)CN(CCCOC)C(=O)C12CC3CC(CC(C3)C1)C2. The van der Waals surface area contributed by atoms with E-state index in [-0.39, 0.29) is 23.8 Å². The first kappa shape index (κ1) is 24.3. The summed E-state index contributed by atoms with van der Waals surface area (Å²) in [4.78, 5) is 31.5. The van der Waals surface area contributed by atoms with E-state index in [0.29, 0.717) is 19.7 Å². The summed E-state index contributed by atoms with van der Waals surface area (Å²) >= 11 is 0. The Balaban J connectivity index is 1.48. The van der Waals surface area contributed by atoms with E-state index >= 15 is 0 Å². The lowest BCUT2D eigenvalue weighted by atomic mass is 9.49. The number of methoxy groups -OCH3 is 1. The summed E-state index contributed by atoms with van der Waals surface area (Å²) in [5.41, 5.74) is 0.909. The molecule has 1 aromatic rings. The molecule has 5 rings (SSSR count). The average Bonchev–Trinajstić information content (AvgIpc) is 3.18. The molecule has 0 unspecified atom stereocenters. The Labute approximate surface area is 199 Å². The van der Waals surface area contributed by atoms with Gasteiger partial charge in [0.25, 0.3) is 0 Å². The Bertz CT molecular complexity index is 782. The molecular weight excluding hydrogens is 414 g/mol. The van der Waals surface area contributed by atoms with Crippen LogP contribution >= 0.6 is 0 Å². The maximum absolute atomic E-state index is 14.0. The first-order valence-corrected chi connectivity index (χ1v) is 13.1. The summed E-state index contributed by atoms with van der Waals surface area (Å²) in [6.45, 7) is 4.89. The van der Waals surface area contributed by atoms with E-state index in [2.05, 4.69) is 17.6 Å². The second-order valence-corrected chi connectivity index (χ2v) is 11.1. The van der Waals surface area contributed by atoms with Gasteiger partial charge in [-0.3, -0.25) is 9.59 Å². The van der Waals surface area contributed by atoms with Gasteiger partial charge in [0.2, 0.25) is 11.8 Å². The van der Waals surface area contributed by atoms with Gasteiger partial charge >= 0.3 is 0 Å². The summed E-state index contributed by atoms with van der Waals surface area (Å²) < 4.78 is 7.35. The predicted molar refractivity (Wildman–Crippen MR) is 129 cm³/mol. The molecule has 4 bridgehead atoms. The normalized spacial score (nSPS) is 27.7. The van der Waals surface area contributed by atoms with E-state index in [1.165, 1.54) is 19.3 Å². The molecule has 33 heavy (non-hydrogen) atoms. The third kappa shape index (κ3) is 5.47. The van der Waals surface area contributed by atoms with Gasteiger partial charge in [0.1, 0.15) is 0 Å². The topological polar surface area (TPSA) is 54.8 Å². The van der Waals surface area contributed by atoms with Crippen molar-refractivity contribution in [1.82, 2.24) is 14.4 Å². The van der Waals surface area contributed by atoms with Crippen LogP contribution in [0, 0.1) is 23.2 Å². The van der Waals surface area contributed by atoms with Gasteiger partial charge in [0, 0.05) is 45.7 Å². The highest BCUT2D eigenvalue weighted by atomic mass is 16.5. The van der Waals surface area contributed by atoms with Gasteiger partial charge in [0.15, 0.2) is 0 Å². The minimum Gasteiger partial charge on any atom is -0.385 e. The molecule has 0 aromatic carbocycles. The average molecular weight is 458 g/mol. The second-order valence-electron chi connectivity index (χ2n) is 11.1. The monoisotopic (exact) mass is 457 g/mol. The van der Waals surface area contributed by atoms with E-state index in [4.69, 9.17) is 4.74 Å². The van der Waals surface area contributed by atoms with Crippen LogP contribution in [0.1, 0.15) is 70.4 Å². The third-order valence-electron chi connectivity index (χ3n) is 8.42. The second kappa shape index (κ2) is 10.6. The van der Waals surface area contributed by atoms with E-state index in [1.54, 1.807) is 7.11 Å². The van der Waals surface area contributed by atoms with E-state index < -0.39 is 0 Å². The zero-order valence-corrected chi connectivity index (χ0v) is 20.9. The highest BCUT2D eigenvalue weighted by Crippen LogP contribution is 2.60. The number of hydrogen-bond acceptors (Lipinski definition) is 3. The van der Waals surface area contributed by atoms with Crippen molar-refractivity contribution in [2.24, 2.45) is 30.2 Å². The summed E-state index contributed by atoms with van der Waals surface area (Å²) in [5.74, 6) is 2.47. The first-order chi connectivity index (χ1) is 15.9.